The van der Waals surface area contributed by atoms with Gasteiger partial charge in [0, 0.05) is 13.0 Å². The second-order valence-electron chi connectivity index (χ2n) is 9.52. The van der Waals surface area contributed by atoms with Crippen molar-refractivity contribution in [2.75, 3.05) is 13.7 Å². The lowest BCUT2D eigenvalue weighted by atomic mass is 10.0. The van der Waals surface area contributed by atoms with Crippen LogP contribution < -0.4 is 16.0 Å². The largest absolute Gasteiger partial charge is 0.467 e. The summed E-state index contributed by atoms with van der Waals surface area (Å²) in [5.74, 6) is -1.15. The van der Waals surface area contributed by atoms with Crippen LogP contribution in [-0.4, -0.2) is 49.8 Å². The first kappa shape index (κ1) is 31.7. The van der Waals surface area contributed by atoms with E-state index in [1.807, 2.05) is 91.0 Å². The number of rotatable bonds is 15. The summed E-state index contributed by atoms with van der Waals surface area (Å²) >= 11 is 0. The summed E-state index contributed by atoms with van der Waals surface area (Å²) in [4.78, 5) is 50.3. The van der Waals surface area contributed by atoms with Crippen molar-refractivity contribution in [3.63, 3.8) is 0 Å². The summed E-state index contributed by atoms with van der Waals surface area (Å²) in [6.07, 6.45) is 0.162. The van der Waals surface area contributed by atoms with Gasteiger partial charge < -0.3 is 30.2 Å². The van der Waals surface area contributed by atoms with Crippen LogP contribution in [-0.2, 0) is 43.4 Å². The van der Waals surface area contributed by atoms with Crippen LogP contribution in [0, 0.1) is 0 Å². The van der Waals surface area contributed by atoms with E-state index >= 15 is 0 Å². The van der Waals surface area contributed by atoms with Crippen molar-refractivity contribution < 1.29 is 33.4 Å². The Morgan fingerprint density at radius 1 is 0.643 bits per heavy atom. The summed E-state index contributed by atoms with van der Waals surface area (Å²) in [6.45, 7) is 0.516. The Kier molecular flexibility index (Phi) is 13.4. The Balaban J connectivity index is 1.53. The number of hydrogen-bond donors (Lipinski definition) is 3. The van der Waals surface area contributed by atoms with Gasteiger partial charge in [0.25, 0.3) is 0 Å². The Labute approximate surface area is 245 Å². The molecule has 10 nitrogen and oxygen atoms in total. The maximum Gasteiger partial charge on any atom is 0.408 e. The molecule has 0 radical (unpaired) electrons. The summed E-state index contributed by atoms with van der Waals surface area (Å²) in [6, 6.07) is 25.8. The number of esters is 1. The monoisotopic (exact) mass is 575 g/mol. The first-order valence-corrected chi connectivity index (χ1v) is 13.8. The molecule has 3 aromatic carbocycles. The minimum absolute atomic E-state index is 0.0365. The summed E-state index contributed by atoms with van der Waals surface area (Å²) in [7, 11) is 1.25. The molecule has 0 aliphatic heterocycles. The van der Waals surface area contributed by atoms with Crippen LogP contribution >= 0.6 is 0 Å². The van der Waals surface area contributed by atoms with Crippen molar-refractivity contribution in [1.29, 1.82) is 0 Å². The molecule has 0 aliphatic carbocycles. The van der Waals surface area contributed by atoms with E-state index in [1.165, 1.54) is 7.11 Å². The fourth-order valence-electron chi connectivity index (χ4n) is 4.07. The van der Waals surface area contributed by atoms with E-state index in [0.29, 0.717) is 19.4 Å². The predicted molar refractivity (Wildman–Crippen MR) is 156 cm³/mol. The van der Waals surface area contributed by atoms with Crippen LogP contribution in [0.2, 0.25) is 0 Å². The molecule has 3 amide bonds. The highest BCUT2D eigenvalue weighted by molar-refractivity contribution is 5.89. The zero-order valence-electron chi connectivity index (χ0n) is 23.6. The molecule has 42 heavy (non-hydrogen) atoms. The molecule has 0 spiro atoms. The molecule has 10 heteroatoms. The quantitative estimate of drug-likeness (QED) is 0.140. The zero-order valence-corrected chi connectivity index (χ0v) is 23.6. The Morgan fingerprint density at radius 2 is 1.17 bits per heavy atom. The topological polar surface area (TPSA) is 132 Å². The highest BCUT2D eigenvalue weighted by atomic mass is 16.6. The SMILES string of the molecule is COC(=O)[C@H](Cc1ccccc1)NC(=O)[C@H](CCCCNC(=O)OCc1ccccc1)NC(=O)OCc1ccccc1. The molecule has 3 N–H and O–H groups in total. The van der Waals surface area contributed by atoms with E-state index in [0.717, 1.165) is 16.7 Å². The molecule has 0 unspecified atom stereocenters. The number of amides is 3. The number of carbonyl (C=O) groups is 4. The number of nitrogens with one attached hydrogen (secondary N) is 3. The minimum atomic E-state index is -0.985. The minimum Gasteiger partial charge on any atom is -0.467 e. The molecule has 222 valence electrons. The van der Waals surface area contributed by atoms with Gasteiger partial charge in [-0.15, -0.1) is 0 Å². The van der Waals surface area contributed by atoms with Gasteiger partial charge in [-0.1, -0.05) is 91.0 Å². The van der Waals surface area contributed by atoms with Gasteiger partial charge in [0.15, 0.2) is 0 Å². The van der Waals surface area contributed by atoms with Crippen molar-refractivity contribution in [3.05, 3.63) is 108 Å². The second-order valence-corrected chi connectivity index (χ2v) is 9.52. The molecule has 3 rings (SSSR count). The molecule has 0 bridgehead atoms. The summed E-state index contributed by atoms with van der Waals surface area (Å²) in [5.41, 5.74) is 2.52. The van der Waals surface area contributed by atoms with Crippen molar-refractivity contribution >= 4 is 24.1 Å². The number of hydrogen-bond acceptors (Lipinski definition) is 7. The summed E-state index contributed by atoms with van der Waals surface area (Å²) in [5, 5.41) is 8.01. The maximum absolute atomic E-state index is 13.3. The molecule has 0 saturated heterocycles. The van der Waals surface area contributed by atoms with Gasteiger partial charge >= 0.3 is 18.2 Å². The number of carbonyl (C=O) groups excluding carboxylic acids is 4. The normalized spacial score (nSPS) is 11.8. The van der Waals surface area contributed by atoms with Gasteiger partial charge in [0.1, 0.15) is 25.3 Å². The van der Waals surface area contributed by atoms with E-state index in [4.69, 9.17) is 14.2 Å². The van der Waals surface area contributed by atoms with Crippen molar-refractivity contribution in [2.45, 2.75) is 51.0 Å². The van der Waals surface area contributed by atoms with Crippen molar-refractivity contribution in [1.82, 2.24) is 16.0 Å². The van der Waals surface area contributed by atoms with Crippen LogP contribution in [0.25, 0.3) is 0 Å². The lowest BCUT2D eigenvalue weighted by Crippen LogP contribution is -2.52. The molecule has 0 saturated carbocycles. The van der Waals surface area contributed by atoms with Gasteiger partial charge in [0.05, 0.1) is 7.11 Å². The third-order valence-electron chi connectivity index (χ3n) is 6.31. The Bertz CT molecular complexity index is 1260. The van der Waals surface area contributed by atoms with Gasteiger partial charge in [-0.05, 0) is 36.0 Å². The third-order valence-corrected chi connectivity index (χ3v) is 6.31. The number of methoxy groups -OCH3 is 1. The van der Waals surface area contributed by atoms with E-state index in [2.05, 4.69) is 16.0 Å². The molecular formula is C32H37N3O7. The Morgan fingerprint density at radius 3 is 1.71 bits per heavy atom. The van der Waals surface area contributed by atoms with E-state index < -0.39 is 36.1 Å². The number of benzene rings is 3. The van der Waals surface area contributed by atoms with Crippen molar-refractivity contribution in [2.24, 2.45) is 0 Å². The summed E-state index contributed by atoms with van der Waals surface area (Å²) < 4.78 is 15.4. The standard InChI is InChI=1S/C32H37N3O7/c1-40-30(37)28(21-24-13-5-2-6-14-24)34-29(36)27(35-32(39)42-23-26-17-9-4-10-18-26)19-11-12-20-33-31(38)41-22-25-15-7-3-8-16-25/h2-10,13-18,27-28H,11-12,19-23H2,1H3,(H,33,38)(H,34,36)(H,35,39)/t27-,28-/m0/s1. The molecule has 2 atom stereocenters. The zero-order chi connectivity index (χ0) is 30.0. The lowest BCUT2D eigenvalue weighted by molar-refractivity contribution is -0.145. The smallest absolute Gasteiger partial charge is 0.408 e. The molecular weight excluding hydrogens is 538 g/mol. The maximum atomic E-state index is 13.3. The average Bonchev–Trinajstić information content (AvgIpc) is 3.02. The fourth-order valence-corrected chi connectivity index (χ4v) is 4.07. The van der Waals surface area contributed by atoms with Crippen LogP contribution in [0.3, 0.4) is 0 Å². The fraction of sp³-hybridized carbons (Fsp3) is 0.312. The number of ether oxygens (including phenoxy) is 3. The third kappa shape index (κ3) is 11.7. The van der Waals surface area contributed by atoms with E-state index in [9.17, 15) is 19.2 Å². The van der Waals surface area contributed by atoms with Crippen LogP contribution in [0.5, 0.6) is 0 Å². The number of alkyl carbamates (subject to hydrolysis) is 2. The van der Waals surface area contributed by atoms with Gasteiger partial charge in [0.2, 0.25) is 5.91 Å². The van der Waals surface area contributed by atoms with Crippen LogP contribution in [0.15, 0.2) is 91.0 Å². The van der Waals surface area contributed by atoms with Crippen LogP contribution in [0.1, 0.15) is 36.0 Å². The molecule has 0 aromatic heterocycles. The second kappa shape index (κ2) is 17.8. The van der Waals surface area contributed by atoms with Crippen LogP contribution in [0.4, 0.5) is 9.59 Å². The number of unbranched alkanes of at least 4 members (excludes halogenated alkanes) is 1. The molecule has 3 aromatic rings. The van der Waals surface area contributed by atoms with Gasteiger partial charge in [-0.2, -0.15) is 0 Å². The predicted octanol–water partition coefficient (Wildman–Crippen LogP) is 4.28. The first-order chi connectivity index (χ1) is 20.4. The first-order valence-electron chi connectivity index (χ1n) is 13.8. The van der Waals surface area contributed by atoms with E-state index in [-0.39, 0.29) is 26.1 Å². The highest BCUT2D eigenvalue weighted by Gasteiger charge is 2.28. The average molecular weight is 576 g/mol. The van der Waals surface area contributed by atoms with E-state index in [1.54, 1.807) is 0 Å². The molecule has 0 fully saturated rings. The van der Waals surface area contributed by atoms with Crippen molar-refractivity contribution in [3.8, 4) is 0 Å². The Hall–Kier alpha value is -4.86. The van der Waals surface area contributed by atoms with Gasteiger partial charge in [-0.3, -0.25) is 4.79 Å². The highest BCUT2D eigenvalue weighted by Crippen LogP contribution is 2.08. The molecule has 0 heterocycles. The molecule has 0 aliphatic rings. The van der Waals surface area contributed by atoms with Gasteiger partial charge in [-0.25, -0.2) is 14.4 Å². The lowest BCUT2D eigenvalue weighted by Gasteiger charge is -2.22.